The van der Waals surface area contributed by atoms with E-state index in [1.54, 1.807) is 54.6 Å². The number of phenols is 1. The van der Waals surface area contributed by atoms with Crippen LogP contribution in [0.5, 0.6) is 11.5 Å². The Labute approximate surface area is 128 Å². The summed E-state index contributed by atoms with van der Waals surface area (Å²) < 4.78 is 5.33. The van der Waals surface area contributed by atoms with Crippen LogP contribution in [0, 0.1) is 0 Å². The number of benzene rings is 2. The smallest absolute Gasteiger partial charge is 0.271 e. The lowest BCUT2D eigenvalue weighted by Gasteiger charge is -2.04. The van der Waals surface area contributed by atoms with Crippen LogP contribution in [0.25, 0.3) is 0 Å². The second-order valence-corrected chi connectivity index (χ2v) is 4.38. The number of hydrogen-bond donors (Lipinski definition) is 2. The van der Waals surface area contributed by atoms with Crippen molar-refractivity contribution in [2.24, 2.45) is 5.10 Å². The molecule has 0 saturated carbocycles. The molecule has 2 N–H and O–H groups in total. The van der Waals surface area contributed by atoms with E-state index in [-0.39, 0.29) is 11.7 Å². The molecule has 0 atom stereocenters. The Kier molecular flexibility index (Phi) is 5.31. The molecule has 0 spiro atoms. The molecular formula is C17H16N2O3. The van der Waals surface area contributed by atoms with Crippen LogP contribution in [0.4, 0.5) is 0 Å². The molecule has 22 heavy (non-hydrogen) atoms. The Bertz CT molecular complexity index is 679. The molecule has 0 radical (unpaired) electrons. The van der Waals surface area contributed by atoms with Crippen molar-refractivity contribution in [3.05, 3.63) is 72.3 Å². The number of hydrogen-bond acceptors (Lipinski definition) is 4. The largest absolute Gasteiger partial charge is 0.507 e. The molecule has 0 aliphatic rings. The topological polar surface area (TPSA) is 70.9 Å². The van der Waals surface area contributed by atoms with Crippen molar-refractivity contribution in [3.63, 3.8) is 0 Å². The predicted molar refractivity (Wildman–Crippen MR) is 85.3 cm³/mol. The molecule has 0 bridgehead atoms. The second-order valence-electron chi connectivity index (χ2n) is 4.38. The number of rotatable bonds is 6. The summed E-state index contributed by atoms with van der Waals surface area (Å²) in [6, 6.07) is 13.4. The Morgan fingerprint density at radius 1 is 1.23 bits per heavy atom. The summed E-state index contributed by atoms with van der Waals surface area (Å²) in [5, 5.41) is 13.4. The van der Waals surface area contributed by atoms with Gasteiger partial charge in [-0.3, -0.25) is 4.79 Å². The van der Waals surface area contributed by atoms with E-state index >= 15 is 0 Å². The molecule has 2 aromatic rings. The molecule has 1 amide bonds. The first-order valence-corrected chi connectivity index (χ1v) is 6.66. The normalized spacial score (nSPS) is 10.4. The zero-order valence-electron chi connectivity index (χ0n) is 11.9. The number of phenolic OH excluding ortho intramolecular Hbond substituents is 1. The number of nitrogens with zero attached hydrogens (tertiary/aromatic N) is 1. The highest BCUT2D eigenvalue weighted by Crippen LogP contribution is 2.13. The SMILES string of the molecule is C=CCOc1ccc(C(=O)N/N=C/c2ccccc2O)cc1. The van der Waals surface area contributed by atoms with Crippen LogP contribution in [0.15, 0.2) is 66.3 Å². The highest BCUT2D eigenvalue weighted by atomic mass is 16.5. The van der Waals surface area contributed by atoms with Crippen LogP contribution >= 0.6 is 0 Å². The lowest BCUT2D eigenvalue weighted by molar-refractivity contribution is 0.0955. The monoisotopic (exact) mass is 296 g/mol. The quantitative estimate of drug-likeness (QED) is 0.489. The average molecular weight is 296 g/mol. The Hall–Kier alpha value is -3.08. The Morgan fingerprint density at radius 3 is 2.64 bits per heavy atom. The van der Waals surface area contributed by atoms with Crippen molar-refractivity contribution >= 4 is 12.1 Å². The van der Waals surface area contributed by atoms with Gasteiger partial charge >= 0.3 is 0 Å². The highest BCUT2D eigenvalue weighted by Gasteiger charge is 2.04. The molecule has 2 aromatic carbocycles. The van der Waals surface area contributed by atoms with E-state index in [1.807, 2.05) is 0 Å². The molecule has 0 aromatic heterocycles. The predicted octanol–water partition coefficient (Wildman–Crippen LogP) is 2.72. The zero-order valence-corrected chi connectivity index (χ0v) is 11.9. The minimum Gasteiger partial charge on any atom is -0.507 e. The van der Waals surface area contributed by atoms with Gasteiger partial charge in [0.05, 0.1) is 6.21 Å². The van der Waals surface area contributed by atoms with E-state index in [1.165, 1.54) is 6.21 Å². The van der Waals surface area contributed by atoms with Crippen molar-refractivity contribution in [2.75, 3.05) is 6.61 Å². The van der Waals surface area contributed by atoms with Gasteiger partial charge in [-0.25, -0.2) is 5.43 Å². The first-order chi connectivity index (χ1) is 10.7. The van der Waals surface area contributed by atoms with Crippen molar-refractivity contribution in [3.8, 4) is 11.5 Å². The van der Waals surface area contributed by atoms with Crippen LogP contribution in [0.1, 0.15) is 15.9 Å². The van der Waals surface area contributed by atoms with E-state index in [9.17, 15) is 9.90 Å². The summed E-state index contributed by atoms with van der Waals surface area (Å²) in [7, 11) is 0. The van der Waals surface area contributed by atoms with Crippen molar-refractivity contribution < 1.29 is 14.6 Å². The summed E-state index contributed by atoms with van der Waals surface area (Å²) in [5.41, 5.74) is 3.38. The summed E-state index contributed by atoms with van der Waals surface area (Å²) in [5.74, 6) is 0.417. The molecule has 0 aliphatic carbocycles. The number of carbonyl (C=O) groups excluding carboxylic acids is 1. The van der Waals surface area contributed by atoms with Gasteiger partial charge < -0.3 is 9.84 Å². The van der Waals surface area contributed by atoms with Gasteiger partial charge in [-0.05, 0) is 36.4 Å². The molecule has 0 heterocycles. The van der Waals surface area contributed by atoms with Crippen LogP contribution in [-0.2, 0) is 0 Å². The minimum absolute atomic E-state index is 0.101. The molecule has 112 valence electrons. The van der Waals surface area contributed by atoms with Gasteiger partial charge in [-0.1, -0.05) is 24.8 Å². The summed E-state index contributed by atoms with van der Waals surface area (Å²) >= 11 is 0. The van der Waals surface area contributed by atoms with Gasteiger partial charge in [-0.15, -0.1) is 0 Å². The maximum Gasteiger partial charge on any atom is 0.271 e. The molecule has 0 saturated heterocycles. The standard InChI is InChI=1S/C17H16N2O3/c1-2-11-22-15-9-7-13(8-10-15)17(21)19-18-12-14-5-3-4-6-16(14)20/h2-10,12,20H,1,11H2,(H,19,21)/b18-12+. The van der Waals surface area contributed by atoms with Crippen molar-refractivity contribution in [1.82, 2.24) is 5.43 Å². The molecular weight excluding hydrogens is 280 g/mol. The van der Waals surface area contributed by atoms with E-state index < -0.39 is 0 Å². The lowest BCUT2D eigenvalue weighted by Crippen LogP contribution is -2.17. The molecule has 5 heteroatoms. The number of para-hydroxylation sites is 1. The number of amides is 1. The number of aromatic hydroxyl groups is 1. The summed E-state index contributed by atoms with van der Waals surface area (Å²) in [6.07, 6.45) is 3.03. The molecule has 0 aliphatic heterocycles. The fourth-order valence-electron chi connectivity index (χ4n) is 1.68. The second kappa shape index (κ2) is 7.64. The Balaban J connectivity index is 1.94. The van der Waals surface area contributed by atoms with Crippen LogP contribution in [-0.4, -0.2) is 23.8 Å². The fourth-order valence-corrected chi connectivity index (χ4v) is 1.68. The van der Waals surface area contributed by atoms with Gasteiger partial charge in [0.2, 0.25) is 0 Å². The molecule has 0 unspecified atom stereocenters. The van der Waals surface area contributed by atoms with E-state index in [4.69, 9.17) is 4.74 Å². The summed E-state index contributed by atoms with van der Waals surface area (Å²) in [4.78, 5) is 11.9. The van der Waals surface area contributed by atoms with Crippen molar-refractivity contribution in [1.29, 1.82) is 0 Å². The van der Waals surface area contributed by atoms with Gasteiger partial charge in [0.25, 0.3) is 5.91 Å². The van der Waals surface area contributed by atoms with Gasteiger partial charge in [0.1, 0.15) is 18.1 Å². The van der Waals surface area contributed by atoms with Crippen LogP contribution < -0.4 is 10.2 Å². The van der Waals surface area contributed by atoms with Crippen LogP contribution in [0.2, 0.25) is 0 Å². The third kappa shape index (κ3) is 4.21. The summed E-state index contributed by atoms with van der Waals surface area (Å²) in [6.45, 7) is 3.98. The third-order valence-electron chi connectivity index (χ3n) is 2.79. The number of nitrogens with one attached hydrogen (secondary N) is 1. The highest BCUT2D eigenvalue weighted by molar-refractivity contribution is 5.95. The average Bonchev–Trinajstić information content (AvgIpc) is 2.55. The van der Waals surface area contributed by atoms with Gasteiger partial charge in [0, 0.05) is 11.1 Å². The van der Waals surface area contributed by atoms with Gasteiger partial charge in [-0.2, -0.15) is 5.10 Å². The number of carbonyl (C=O) groups is 1. The number of hydrazone groups is 1. The fraction of sp³-hybridized carbons (Fsp3) is 0.0588. The Morgan fingerprint density at radius 2 is 1.95 bits per heavy atom. The van der Waals surface area contributed by atoms with E-state index in [2.05, 4.69) is 17.1 Å². The maximum atomic E-state index is 11.9. The first kappa shape index (κ1) is 15.3. The third-order valence-corrected chi connectivity index (χ3v) is 2.79. The number of ether oxygens (including phenoxy) is 1. The van der Waals surface area contributed by atoms with Crippen molar-refractivity contribution in [2.45, 2.75) is 0 Å². The van der Waals surface area contributed by atoms with E-state index in [0.29, 0.717) is 23.5 Å². The molecule has 2 rings (SSSR count). The minimum atomic E-state index is -0.345. The van der Waals surface area contributed by atoms with Crippen LogP contribution in [0.3, 0.4) is 0 Å². The zero-order chi connectivity index (χ0) is 15.8. The maximum absolute atomic E-state index is 11.9. The van der Waals surface area contributed by atoms with Gasteiger partial charge in [0.15, 0.2) is 0 Å². The molecule has 5 nitrogen and oxygen atoms in total. The lowest BCUT2D eigenvalue weighted by atomic mass is 10.2. The first-order valence-electron chi connectivity index (χ1n) is 6.66. The van der Waals surface area contributed by atoms with E-state index in [0.717, 1.165) is 0 Å². The molecule has 0 fully saturated rings.